The van der Waals surface area contributed by atoms with Gasteiger partial charge in [-0.2, -0.15) is 0 Å². The van der Waals surface area contributed by atoms with Crippen molar-refractivity contribution in [2.45, 2.75) is 27.2 Å². The summed E-state index contributed by atoms with van der Waals surface area (Å²) in [5.41, 5.74) is 1.52. The minimum atomic E-state index is -1.83. The largest absolute Gasteiger partial charge is 0.503 e. The first kappa shape index (κ1) is 12.9. The summed E-state index contributed by atoms with van der Waals surface area (Å²) >= 11 is 0. The third-order valence-corrected chi connectivity index (χ3v) is 3.09. The van der Waals surface area contributed by atoms with E-state index in [1.165, 1.54) is 22.2 Å². The first-order chi connectivity index (χ1) is 4.91. The molecule has 0 saturated carbocycles. The van der Waals surface area contributed by atoms with Gasteiger partial charge in [-0.25, -0.2) is 4.79 Å². The van der Waals surface area contributed by atoms with Crippen molar-refractivity contribution >= 4 is 16.4 Å². The molecule has 0 atom stereocenters. The Morgan fingerprint density at radius 3 is 1.64 bits per heavy atom. The predicted molar refractivity (Wildman–Crippen MR) is 49.3 cm³/mol. The summed E-state index contributed by atoms with van der Waals surface area (Å²) in [7, 11) is 1.25. The highest BCUT2D eigenvalue weighted by Gasteiger charge is 1.82. The van der Waals surface area contributed by atoms with Crippen molar-refractivity contribution < 1.29 is 15.0 Å². The van der Waals surface area contributed by atoms with Crippen LogP contribution in [0, 0.1) is 0 Å². The molecule has 0 unspecified atom stereocenters. The maximum absolute atomic E-state index is 8.56. The molecule has 0 heterocycles. The van der Waals surface area contributed by atoms with Crippen LogP contribution in [0.1, 0.15) is 27.2 Å². The Morgan fingerprint density at radius 1 is 1.36 bits per heavy atom. The lowest BCUT2D eigenvalue weighted by atomic mass is 10.3. The molecule has 0 amide bonds. The van der Waals surface area contributed by atoms with E-state index in [9.17, 15) is 0 Å². The molecule has 3 nitrogen and oxygen atoms in total. The Bertz CT molecular complexity index is 144. The first-order valence-electron chi connectivity index (χ1n) is 3.46. The van der Waals surface area contributed by atoms with Crippen LogP contribution in [-0.4, -0.2) is 26.6 Å². The molecule has 66 valence electrons. The average Bonchev–Trinajstić information content (AvgIpc) is 1.85. The molecule has 0 aromatic rings. The van der Waals surface area contributed by atoms with Gasteiger partial charge in [0.2, 0.25) is 0 Å². The summed E-state index contributed by atoms with van der Waals surface area (Å²) in [6, 6.07) is 0. The molecule has 0 fully saturated rings. The second kappa shape index (κ2) is 7.34. The number of carboxylic acid groups (broad SMARTS) is 2. The van der Waals surface area contributed by atoms with Gasteiger partial charge in [-0.15, -0.1) is 0 Å². The van der Waals surface area contributed by atoms with Gasteiger partial charge in [0.1, 0.15) is 0 Å². The minimum Gasteiger partial charge on any atom is -0.450 e. The molecule has 0 aromatic carbocycles. The van der Waals surface area contributed by atoms with E-state index in [1.807, 2.05) is 0 Å². The minimum absolute atomic E-state index is 1.25. The summed E-state index contributed by atoms with van der Waals surface area (Å²) < 4.78 is 0. The molecule has 0 aliphatic rings. The highest BCUT2D eigenvalue weighted by Crippen LogP contribution is 2.00. The third kappa shape index (κ3) is 17.6. The summed E-state index contributed by atoms with van der Waals surface area (Å²) in [6.07, 6.45) is -0.575. The molecule has 0 aliphatic carbocycles. The second-order valence-electron chi connectivity index (χ2n) is 2.42. The zero-order valence-electron chi connectivity index (χ0n) is 7.51. The topological polar surface area (TPSA) is 57.5 Å². The fraction of sp³-hybridized carbons (Fsp3) is 0.571. The lowest BCUT2D eigenvalue weighted by Crippen LogP contribution is -1.81. The molecule has 0 saturated heterocycles. The summed E-state index contributed by atoms with van der Waals surface area (Å²) in [6.45, 7) is 6.59. The number of rotatable bonds is 1. The van der Waals surface area contributed by atoms with E-state index in [1.54, 1.807) is 5.20 Å². The van der Waals surface area contributed by atoms with Gasteiger partial charge in [0.05, 0.1) is 0 Å². The van der Waals surface area contributed by atoms with E-state index in [0.29, 0.717) is 0 Å². The van der Waals surface area contributed by atoms with E-state index in [4.69, 9.17) is 15.0 Å². The van der Waals surface area contributed by atoms with E-state index < -0.39 is 6.16 Å². The SMILES string of the molecule is CCC([SiH3])=C(C)C.O=C(O)O. The average molecular weight is 176 g/mol. The summed E-state index contributed by atoms with van der Waals surface area (Å²) in [5, 5.41) is 15.6. The first-order valence-corrected chi connectivity index (χ1v) is 4.46. The number of hydrogen-bond acceptors (Lipinski definition) is 1. The summed E-state index contributed by atoms with van der Waals surface area (Å²) in [5.74, 6) is 0. The van der Waals surface area contributed by atoms with Crippen molar-refractivity contribution in [3.8, 4) is 0 Å². The van der Waals surface area contributed by atoms with E-state index in [2.05, 4.69) is 20.8 Å². The molecule has 2 N–H and O–H groups in total. The van der Waals surface area contributed by atoms with Crippen LogP contribution in [0.5, 0.6) is 0 Å². The monoisotopic (exact) mass is 176 g/mol. The third-order valence-electron chi connectivity index (χ3n) is 1.38. The van der Waals surface area contributed by atoms with E-state index in [0.717, 1.165) is 0 Å². The molecule has 0 aliphatic heterocycles. The number of allylic oxidation sites excluding steroid dienone is 2. The standard InChI is InChI=1S/C6H14Si.CH2O3/c1-4-6(7)5(2)3;2-1(3)4/h4H2,1-3,7H3;(H2,2,3,4). The van der Waals surface area contributed by atoms with Gasteiger partial charge in [-0.1, -0.05) is 17.7 Å². The zero-order chi connectivity index (χ0) is 9.44. The van der Waals surface area contributed by atoms with Crippen molar-refractivity contribution in [2.75, 3.05) is 0 Å². The fourth-order valence-electron chi connectivity index (χ4n) is 0.354. The van der Waals surface area contributed by atoms with Crippen molar-refractivity contribution in [2.24, 2.45) is 0 Å². The van der Waals surface area contributed by atoms with Crippen LogP contribution in [0.4, 0.5) is 4.79 Å². The fourth-order valence-corrected chi connectivity index (χ4v) is 0.354. The van der Waals surface area contributed by atoms with Crippen LogP contribution in [0.3, 0.4) is 0 Å². The molecular weight excluding hydrogens is 160 g/mol. The Balaban J connectivity index is 0. The summed E-state index contributed by atoms with van der Waals surface area (Å²) in [4.78, 5) is 8.56. The van der Waals surface area contributed by atoms with Gasteiger partial charge in [-0.05, 0) is 20.3 Å². The van der Waals surface area contributed by atoms with Crippen LogP contribution >= 0.6 is 0 Å². The predicted octanol–water partition coefficient (Wildman–Crippen LogP) is 1.28. The highest BCUT2D eigenvalue weighted by molar-refractivity contribution is 6.21. The van der Waals surface area contributed by atoms with Crippen LogP contribution in [0.25, 0.3) is 0 Å². The van der Waals surface area contributed by atoms with E-state index in [-0.39, 0.29) is 0 Å². The quantitative estimate of drug-likeness (QED) is 0.592. The molecule has 0 aromatic heterocycles. The molecule has 0 radical (unpaired) electrons. The van der Waals surface area contributed by atoms with Gasteiger partial charge < -0.3 is 10.2 Å². The van der Waals surface area contributed by atoms with Crippen LogP contribution in [0.2, 0.25) is 0 Å². The maximum Gasteiger partial charge on any atom is 0.503 e. The molecular formula is C7H16O3Si. The Kier molecular flexibility index (Phi) is 8.58. The van der Waals surface area contributed by atoms with E-state index >= 15 is 0 Å². The van der Waals surface area contributed by atoms with Gasteiger partial charge in [0.25, 0.3) is 0 Å². The number of hydrogen-bond donors (Lipinski definition) is 2. The smallest absolute Gasteiger partial charge is 0.450 e. The lowest BCUT2D eigenvalue weighted by Gasteiger charge is -1.94. The maximum atomic E-state index is 8.56. The van der Waals surface area contributed by atoms with Gasteiger partial charge >= 0.3 is 6.16 Å². The van der Waals surface area contributed by atoms with Crippen molar-refractivity contribution in [3.63, 3.8) is 0 Å². The van der Waals surface area contributed by atoms with Gasteiger partial charge in [0.15, 0.2) is 0 Å². The van der Waals surface area contributed by atoms with Crippen LogP contribution in [-0.2, 0) is 0 Å². The Hall–Kier alpha value is -0.773. The van der Waals surface area contributed by atoms with Gasteiger partial charge in [-0.3, -0.25) is 0 Å². The molecule has 0 rings (SSSR count). The van der Waals surface area contributed by atoms with Crippen LogP contribution < -0.4 is 0 Å². The van der Waals surface area contributed by atoms with Gasteiger partial charge in [0, 0.05) is 10.2 Å². The van der Waals surface area contributed by atoms with Crippen molar-refractivity contribution in [1.29, 1.82) is 0 Å². The molecule has 0 bridgehead atoms. The van der Waals surface area contributed by atoms with Crippen molar-refractivity contribution in [1.82, 2.24) is 0 Å². The normalized spacial score (nSPS) is 7.91. The molecule has 11 heavy (non-hydrogen) atoms. The Morgan fingerprint density at radius 2 is 1.64 bits per heavy atom. The van der Waals surface area contributed by atoms with Crippen LogP contribution in [0.15, 0.2) is 10.8 Å². The number of carbonyl (C=O) groups is 1. The highest BCUT2D eigenvalue weighted by atomic mass is 28.1. The Labute approximate surface area is 70.2 Å². The lowest BCUT2D eigenvalue weighted by molar-refractivity contribution is 0.137. The molecule has 0 spiro atoms. The zero-order valence-corrected chi connectivity index (χ0v) is 9.51. The molecule has 4 heteroatoms. The van der Waals surface area contributed by atoms with Crippen molar-refractivity contribution in [3.05, 3.63) is 10.8 Å². The second-order valence-corrected chi connectivity index (χ2v) is 3.62.